The van der Waals surface area contributed by atoms with Gasteiger partial charge in [-0.2, -0.15) is 5.26 Å². The summed E-state index contributed by atoms with van der Waals surface area (Å²) in [4.78, 5) is 4.71. The highest BCUT2D eigenvalue weighted by molar-refractivity contribution is 5.86. The number of anilines is 2. The molecule has 5 nitrogen and oxygen atoms in total. The predicted molar refractivity (Wildman–Crippen MR) is 123 cm³/mol. The molecule has 1 fully saturated rings. The quantitative estimate of drug-likeness (QED) is 0.456. The van der Waals surface area contributed by atoms with Crippen LogP contribution in [-0.2, 0) is 5.41 Å². The van der Waals surface area contributed by atoms with Gasteiger partial charge in [-0.3, -0.25) is 0 Å². The van der Waals surface area contributed by atoms with Crippen LogP contribution in [0.1, 0.15) is 35.1 Å². The van der Waals surface area contributed by atoms with E-state index >= 15 is 0 Å². The largest absolute Gasteiger partial charge is 0.323 e. The van der Waals surface area contributed by atoms with Crippen LogP contribution in [0.15, 0.2) is 54.6 Å². The van der Waals surface area contributed by atoms with Crippen molar-refractivity contribution in [2.75, 3.05) is 5.32 Å². The van der Waals surface area contributed by atoms with Crippen LogP contribution in [0.5, 0.6) is 0 Å². The lowest BCUT2D eigenvalue weighted by atomic mass is 9.94. The molecule has 31 heavy (non-hydrogen) atoms. The molecule has 0 spiro atoms. The van der Waals surface area contributed by atoms with Crippen molar-refractivity contribution in [1.82, 2.24) is 15.2 Å². The first-order valence-corrected chi connectivity index (χ1v) is 10.5. The SMILES string of the molecule is Cc1cccc(C)c1-c1cc(C)c2nc(Nc3ccc(C4(C#N)CC4)cc3)nnc2c1. The van der Waals surface area contributed by atoms with E-state index in [9.17, 15) is 5.26 Å². The summed E-state index contributed by atoms with van der Waals surface area (Å²) < 4.78 is 0. The Morgan fingerprint density at radius 2 is 1.61 bits per heavy atom. The number of aromatic nitrogens is 3. The van der Waals surface area contributed by atoms with Gasteiger partial charge in [-0.15, -0.1) is 10.2 Å². The molecule has 0 bridgehead atoms. The molecule has 0 saturated heterocycles. The van der Waals surface area contributed by atoms with Crippen LogP contribution in [0.2, 0.25) is 0 Å². The molecule has 5 rings (SSSR count). The summed E-state index contributed by atoms with van der Waals surface area (Å²) in [5.41, 5.74) is 9.22. The van der Waals surface area contributed by atoms with Gasteiger partial charge in [0.1, 0.15) is 5.52 Å². The molecule has 4 aromatic rings. The third-order valence-corrected chi connectivity index (χ3v) is 6.18. The monoisotopic (exact) mass is 405 g/mol. The second-order valence-electron chi connectivity index (χ2n) is 8.46. The number of hydrogen-bond donors (Lipinski definition) is 1. The maximum absolute atomic E-state index is 9.37. The number of nitrogens with zero attached hydrogens (tertiary/aromatic N) is 4. The predicted octanol–water partition coefficient (Wildman–Crippen LogP) is 5.92. The fourth-order valence-corrected chi connectivity index (χ4v) is 4.27. The van der Waals surface area contributed by atoms with Crippen molar-refractivity contribution in [1.29, 1.82) is 5.26 Å². The summed E-state index contributed by atoms with van der Waals surface area (Å²) in [6.07, 6.45) is 1.88. The van der Waals surface area contributed by atoms with Crippen LogP contribution in [0, 0.1) is 32.1 Å². The third-order valence-electron chi connectivity index (χ3n) is 6.18. The maximum Gasteiger partial charge on any atom is 0.247 e. The Morgan fingerprint density at radius 3 is 2.26 bits per heavy atom. The van der Waals surface area contributed by atoms with Crippen molar-refractivity contribution >= 4 is 22.7 Å². The molecule has 0 unspecified atom stereocenters. The summed E-state index contributed by atoms with van der Waals surface area (Å²) in [6, 6.07) is 21.0. The molecule has 5 heteroatoms. The first-order chi connectivity index (χ1) is 15.0. The Balaban J connectivity index is 1.46. The van der Waals surface area contributed by atoms with Gasteiger partial charge in [0.05, 0.1) is 17.0 Å². The van der Waals surface area contributed by atoms with Gasteiger partial charge in [0.2, 0.25) is 5.95 Å². The minimum atomic E-state index is -0.274. The molecule has 152 valence electrons. The van der Waals surface area contributed by atoms with Crippen molar-refractivity contribution < 1.29 is 0 Å². The molecule has 1 saturated carbocycles. The van der Waals surface area contributed by atoms with Gasteiger partial charge in [-0.1, -0.05) is 30.3 Å². The molecular formula is C26H23N5. The average Bonchev–Trinajstić information content (AvgIpc) is 3.56. The average molecular weight is 406 g/mol. The normalized spacial score (nSPS) is 14.3. The van der Waals surface area contributed by atoms with E-state index < -0.39 is 0 Å². The third kappa shape index (κ3) is 3.40. The van der Waals surface area contributed by atoms with Crippen molar-refractivity contribution in [2.24, 2.45) is 0 Å². The Morgan fingerprint density at radius 1 is 0.903 bits per heavy atom. The maximum atomic E-state index is 9.37. The Hall–Kier alpha value is -3.78. The Kier molecular flexibility index (Phi) is 4.44. The molecule has 3 aromatic carbocycles. The molecule has 1 heterocycles. The summed E-state index contributed by atoms with van der Waals surface area (Å²) in [5, 5.41) is 21.4. The van der Waals surface area contributed by atoms with E-state index in [0.717, 1.165) is 46.3 Å². The zero-order chi connectivity index (χ0) is 21.6. The lowest BCUT2D eigenvalue weighted by Gasteiger charge is -2.13. The van der Waals surface area contributed by atoms with Crippen molar-refractivity contribution in [3.05, 3.63) is 76.9 Å². The van der Waals surface area contributed by atoms with Crippen LogP contribution < -0.4 is 5.32 Å². The zero-order valence-electron chi connectivity index (χ0n) is 17.9. The number of nitrogens with one attached hydrogen (secondary N) is 1. The topological polar surface area (TPSA) is 74.5 Å². The Labute approximate surface area is 181 Å². The van der Waals surface area contributed by atoms with Gasteiger partial charge >= 0.3 is 0 Å². The number of fused-ring (bicyclic) bond motifs is 1. The molecule has 0 aliphatic heterocycles. The first kappa shape index (κ1) is 19.2. The summed E-state index contributed by atoms with van der Waals surface area (Å²) in [7, 11) is 0. The summed E-state index contributed by atoms with van der Waals surface area (Å²) >= 11 is 0. The second-order valence-corrected chi connectivity index (χ2v) is 8.46. The number of aryl methyl sites for hydroxylation is 3. The smallest absolute Gasteiger partial charge is 0.247 e. The van der Waals surface area contributed by atoms with Crippen molar-refractivity contribution in [3.63, 3.8) is 0 Å². The minimum absolute atomic E-state index is 0.274. The number of hydrogen-bond acceptors (Lipinski definition) is 5. The van der Waals surface area contributed by atoms with Crippen LogP contribution in [0.4, 0.5) is 11.6 Å². The van der Waals surface area contributed by atoms with Gasteiger partial charge in [0, 0.05) is 5.69 Å². The fraction of sp³-hybridized carbons (Fsp3) is 0.231. The van der Waals surface area contributed by atoms with Crippen molar-refractivity contribution in [3.8, 4) is 17.2 Å². The van der Waals surface area contributed by atoms with E-state index in [1.165, 1.54) is 16.7 Å². The van der Waals surface area contributed by atoms with Gasteiger partial charge < -0.3 is 5.32 Å². The zero-order valence-corrected chi connectivity index (χ0v) is 17.9. The number of nitriles is 1. The summed E-state index contributed by atoms with van der Waals surface area (Å²) in [5.74, 6) is 0.463. The van der Waals surface area contributed by atoms with Gasteiger partial charge in [-0.05, 0) is 91.3 Å². The fourth-order valence-electron chi connectivity index (χ4n) is 4.27. The molecule has 1 aliphatic rings. The number of rotatable bonds is 4. The van der Waals surface area contributed by atoms with Crippen molar-refractivity contribution in [2.45, 2.75) is 39.0 Å². The van der Waals surface area contributed by atoms with E-state index in [0.29, 0.717) is 5.95 Å². The molecule has 1 aliphatic carbocycles. The van der Waals surface area contributed by atoms with E-state index in [-0.39, 0.29) is 5.41 Å². The van der Waals surface area contributed by atoms with Crippen LogP contribution in [-0.4, -0.2) is 15.2 Å². The highest BCUT2D eigenvalue weighted by Gasteiger charge is 2.44. The minimum Gasteiger partial charge on any atom is -0.323 e. The Bertz CT molecular complexity index is 1320. The van der Waals surface area contributed by atoms with Crippen LogP contribution in [0.25, 0.3) is 22.2 Å². The molecule has 0 atom stereocenters. The summed E-state index contributed by atoms with van der Waals surface area (Å²) in [6.45, 7) is 6.32. The molecular weight excluding hydrogens is 382 g/mol. The lowest BCUT2D eigenvalue weighted by Crippen LogP contribution is -2.04. The van der Waals surface area contributed by atoms with E-state index in [1.54, 1.807) is 0 Å². The van der Waals surface area contributed by atoms with E-state index in [2.05, 4.69) is 72.7 Å². The van der Waals surface area contributed by atoms with Crippen LogP contribution in [0.3, 0.4) is 0 Å². The highest BCUT2D eigenvalue weighted by Crippen LogP contribution is 2.47. The second kappa shape index (κ2) is 7.17. The lowest BCUT2D eigenvalue weighted by molar-refractivity contribution is 0.909. The van der Waals surface area contributed by atoms with Gasteiger partial charge in [0.15, 0.2) is 0 Å². The highest BCUT2D eigenvalue weighted by atomic mass is 15.2. The number of benzene rings is 3. The van der Waals surface area contributed by atoms with Crippen LogP contribution >= 0.6 is 0 Å². The van der Waals surface area contributed by atoms with E-state index in [4.69, 9.17) is 4.98 Å². The standard InChI is InChI=1S/C26H23N5/c1-16-5-4-6-17(2)23(16)19-13-18(3)24-22(14-19)30-31-25(29-24)28-21-9-7-20(8-10-21)26(15-27)11-12-26/h4-10,13-14H,11-12H2,1-3H3,(H,28,29,31). The van der Waals surface area contributed by atoms with Gasteiger partial charge in [0.25, 0.3) is 0 Å². The molecule has 1 N–H and O–H groups in total. The molecule has 1 aromatic heterocycles. The molecule has 0 radical (unpaired) electrons. The van der Waals surface area contributed by atoms with E-state index in [1.807, 2.05) is 24.3 Å². The first-order valence-electron chi connectivity index (χ1n) is 10.5. The molecule has 0 amide bonds. The van der Waals surface area contributed by atoms with Gasteiger partial charge in [-0.25, -0.2) is 4.98 Å².